The molecule has 0 fully saturated rings. The van der Waals surface area contributed by atoms with Gasteiger partial charge in [-0.05, 0) is 38.8 Å². The molecule has 2 heteroatoms. The Morgan fingerprint density at radius 1 is 1.17 bits per heavy atom. The van der Waals surface area contributed by atoms with Crippen LogP contribution in [0.2, 0.25) is 0 Å². The Morgan fingerprint density at radius 2 is 1.89 bits per heavy atom. The first-order valence-electron chi connectivity index (χ1n) is 7.42. The number of thiophene rings is 1. The third-order valence-electron chi connectivity index (χ3n) is 3.58. The molecule has 1 atom stereocenters. The van der Waals surface area contributed by atoms with E-state index in [9.17, 15) is 0 Å². The summed E-state index contributed by atoms with van der Waals surface area (Å²) in [6.45, 7) is 10.0. The van der Waals surface area contributed by atoms with E-state index >= 15 is 0 Å². The van der Waals surface area contributed by atoms with E-state index in [1.165, 1.54) is 53.8 Å². The van der Waals surface area contributed by atoms with Crippen molar-refractivity contribution in [2.75, 3.05) is 0 Å². The van der Waals surface area contributed by atoms with Crippen molar-refractivity contribution in [2.24, 2.45) is 0 Å². The van der Waals surface area contributed by atoms with E-state index in [1.54, 1.807) is 0 Å². The second-order valence-electron chi connectivity index (χ2n) is 5.44. The maximum absolute atomic E-state index is 3.64. The molecule has 1 aromatic rings. The van der Waals surface area contributed by atoms with Gasteiger partial charge in [0.05, 0.1) is 0 Å². The zero-order valence-electron chi connectivity index (χ0n) is 12.5. The van der Waals surface area contributed by atoms with Crippen LogP contribution in [0.1, 0.15) is 67.7 Å². The Balaban J connectivity index is 2.11. The molecular weight excluding hydrogens is 238 g/mol. The molecule has 1 unspecified atom stereocenters. The number of nitrogens with one attached hydrogen (secondary N) is 1. The zero-order chi connectivity index (χ0) is 13.4. The minimum atomic E-state index is 0.648. The summed E-state index contributed by atoms with van der Waals surface area (Å²) in [5.74, 6) is 0. The van der Waals surface area contributed by atoms with Crippen molar-refractivity contribution in [3.8, 4) is 0 Å². The molecule has 0 saturated heterocycles. The number of rotatable bonds is 9. The second-order valence-corrected chi connectivity index (χ2v) is 6.78. The lowest BCUT2D eigenvalue weighted by atomic mass is 10.1. The zero-order valence-corrected chi connectivity index (χ0v) is 13.3. The van der Waals surface area contributed by atoms with Gasteiger partial charge in [-0.1, -0.05) is 39.0 Å². The van der Waals surface area contributed by atoms with Gasteiger partial charge in [-0.2, -0.15) is 0 Å². The summed E-state index contributed by atoms with van der Waals surface area (Å²) >= 11 is 1.93. The van der Waals surface area contributed by atoms with Crippen LogP contribution in [0, 0.1) is 13.8 Å². The van der Waals surface area contributed by atoms with Gasteiger partial charge >= 0.3 is 0 Å². The normalized spacial score (nSPS) is 12.9. The molecule has 1 nitrogen and oxygen atoms in total. The lowest BCUT2D eigenvalue weighted by Crippen LogP contribution is -2.24. The van der Waals surface area contributed by atoms with Gasteiger partial charge in [-0.15, -0.1) is 11.3 Å². The number of aryl methyl sites for hydroxylation is 2. The largest absolute Gasteiger partial charge is 0.309 e. The molecular formula is C16H29NS. The first-order chi connectivity index (χ1) is 8.63. The molecule has 0 aliphatic heterocycles. The maximum Gasteiger partial charge on any atom is 0.0302 e. The molecule has 0 spiro atoms. The molecule has 18 heavy (non-hydrogen) atoms. The van der Waals surface area contributed by atoms with E-state index < -0.39 is 0 Å². The highest BCUT2D eigenvalue weighted by molar-refractivity contribution is 7.12. The van der Waals surface area contributed by atoms with Crippen molar-refractivity contribution in [1.29, 1.82) is 0 Å². The van der Waals surface area contributed by atoms with Gasteiger partial charge in [-0.25, -0.2) is 0 Å². The third-order valence-corrected chi connectivity index (χ3v) is 4.73. The topological polar surface area (TPSA) is 12.0 Å². The van der Waals surface area contributed by atoms with Crippen LogP contribution in [0.15, 0.2) is 6.07 Å². The van der Waals surface area contributed by atoms with Crippen LogP contribution < -0.4 is 5.32 Å². The molecule has 0 aliphatic rings. The highest BCUT2D eigenvalue weighted by atomic mass is 32.1. The van der Waals surface area contributed by atoms with Crippen LogP contribution in [-0.4, -0.2) is 6.04 Å². The van der Waals surface area contributed by atoms with E-state index in [4.69, 9.17) is 0 Å². The Morgan fingerprint density at radius 3 is 2.50 bits per heavy atom. The first kappa shape index (κ1) is 15.7. The highest BCUT2D eigenvalue weighted by Crippen LogP contribution is 2.20. The number of unbranched alkanes of at least 4 members (excludes halogenated alkanes) is 4. The Kier molecular flexibility index (Phi) is 7.60. The molecule has 1 rings (SSSR count). The third kappa shape index (κ3) is 6.01. The van der Waals surface area contributed by atoms with E-state index in [0.29, 0.717) is 6.04 Å². The minimum Gasteiger partial charge on any atom is -0.309 e. The smallest absolute Gasteiger partial charge is 0.0302 e. The summed E-state index contributed by atoms with van der Waals surface area (Å²) in [5, 5.41) is 3.64. The lowest BCUT2D eigenvalue weighted by molar-refractivity contribution is 0.481. The minimum absolute atomic E-state index is 0.648. The summed E-state index contributed by atoms with van der Waals surface area (Å²) in [5.41, 5.74) is 1.43. The van der Waals surface area contributed by atoms with Crippen LogP contribution in [0.25, 0.3) is 0 Å². The summed E-state index contributed by atoms with van der Waals surface area (Å²) in [4.78, 5) is 2.93. The summed E-state index contributed by atoms with van der Waals surface area (Å²) in [6.07, 6.45) is 8.23. The first-order valence-corrected chi connectivity index (χ1v) is 8.24. The molecule has 0 aliphatic carbocycles. The van der Waals surface area contributed by atoms with Gasteiger partial charge in [0.2, 0.25) is 0 Å². The van der Waals surface area contributed by atoms with Crippen molar-refractivity contribution in [1.82, 2.24) is 5.32 Å². The predicted octanol–water partition coefficient (Wildman–Crippen LogP) is 5.20. The monoisotopic (exact) mass is 267 g/mol. The molecule has 1 heterocycles. The van der Waals surface area contributed by atoms with Crippen molar-refractivity contribution in [3.05, 3.63) is 21.4 Å². The average Bonchev–Trinajstić information content (AvgIpc) is 2.66. The summed E-state index contributed by atoms with van der Waals surface area (Å²) in [7, 11) is 0. The molecule has 0 amide bonds. The van der Waals surface area contributed by atoms with Gasteiger partial charge in [-0.3, -0.25) is 0 Å². The van der Waals surface area contributed by atoms with Gasteiger partial charge in [0.1, 0.15) is 0 Å². The van der Waals surface area contributed by atoms with Gasteiger partial charge in [0.15, 0.2) is 0 Å². The Labute approximate surface area is 117 Å². The standard InChI is InChI=1S/C16H29NS/c1-5-6-7-8-9-10-14(3)17-12-16-11-13(2)15(4)18-16/h11,14,17H,5-10,12H2,1-4H3. The van der Waals surface area contributed by atoms with Crippen LogP contribution in [0.5, 0.6) is 0 Å². The highest BCUT2D eigenvalue weighted by Gasteiger charge is 2.04. The lowest BCUT2D eigenvalue weighted by Gasteiger charge is -2.12. The average molecular weight is 267 g/mol. The van der Waals surface area contributed by atoms with Gasteiger partial charge in [0.25, 0.3) is 0 Å². The molecule has 0 bridgehead atoms. The molecule has 1 aromatic heterocycles. The fourth-order valence-electron chi connectivity index (χ4n) is 2.17. The van der Waals surface area contributed by atoms with E-state index in [2.05, 4.69) is 39.1 Å². The van der Waals surface area contributed by atoms with Crippen LogP contribution in [0.3, 0.4) is 0 Å². The molecule has 0 saturated carbocycles. The summed E-state index contributed by atoms with van der Waals surface area (Å²) in [6, 6.07) is 2.97. The summed E-state index contributed by atoms with van der Waals surface area (Å²) < 4.78 is 0. The van der Waals surface area contributed by atoms with E-state index in [1.807, 2.05) is 11.3 Å². The van der Waals surface area contributed by atoms with Crippen LogP contribution in [0.4, 0.5) is 0 Å². The quantitative estimate of drug-likeness (QED) is 0.606. The molecule has 104 valence electrons. The van der Waals surface area contributed by atoms with Crippen molar-refractivity contribution in [3.63, 3.8) is 0 Å². The van der Waals surface area contributed by atoms with Crippen molar-refractivity contribution in [2.45, 2.75) is 78.8 Å². The molecule has 1 N–H and O–H groups in total. The second kappa shape index (κ2) is 8.71. The SMILES string of the molecule is CCCCCCCC(C)NCc1cc(C)c(C)s1. The van der Waals surface area contributed by atoms with Crippen LogP contribution >= 0.6 is 11.3 Å². The van der Waals surface area contributed by atoms with Crippen molar-refractivity contribution >= 4 is 11.3 Å². The van der Waals surface area contributed by atoms with E-state index in [0.717, 1.165) is 6.54 Å². The predicted molar refractivity (Wildman–Crippen MR) is 83.5 cm³/mol. The fraction of sp³-hybridized carbons (Fsp3) is 0.750. The number of hydrogen-bond donors (Lipinski definition) is 1. The van der Waals surface area contributed by atoms with Crippen molar-refractivity contribution < 1.29 is 0 Å². The number of hydrogen-bond acceptors (Lipinski definition) is 2. The van der Waals surface area contributed by atoms with Gasteiger partial charge < -0.3 is 5.32 Å². The van der Waals surface area contributed by atoms with Crippen LogP contribution in [-0.2, 0) is 6.54 Å². The Hall–Kier alpha value is -0.340. The van der Waals surface area contributed by atoms with E-state index in [-0.39, 0.29) is 0 Å². The Bertz CT molecular complexity index is 310. The molecule has 0 aromatic carbocycles. The van der Waals surface area contributed by atoms with Gasteiger partial charge in [0, 0.05) is 22.3 Å². The maximum atomic E-state index is 3.64. The fourth-order valence-corrected chi connectivity index (χ4v) is 3.17. The molecule has 0 radical (unpaired) electrons.